The number of hydrogen-bond acceptors (Lipinski definition) is 7. The highest BCUT2D eigenvalue weighted by atomic mass is 32.1. The van der Waals surface area contributed by atoms with E-state index in [0.29, 0.717) is 10.8 Å². The molecule has 1 N–H and O–H groups in total. The zero-order valence-corrected chi connectivity index (χ0v) is 17.9. The third kappa shape index (κ3) is 3.94. The van der Waals surface area contributed by atoms with Crippen molar-refractivity contribution < 1.29 is 9.72 Å². The molecule has 10 nitrogen and oxygen atoms in total. The van der Waals surface area contributed by atoms with Crippen LogP contribution in [0.5, 0.6) is 0 Å². The molecule has 0 saturated heterocycles. The molecule has 1 amide bonds. The number of aryl methyl sites for hydroxylation is 2. The Morgan fingerprint density at radius 2 is 2.00 bits per heavy atom. The fourth-order valence-corrected chi connectivity index (χ4v) is 4.34. The number of nitrogens with zero attached hydrogens (tertiary/aromatic N) is 6. The van der Waals surface area contributed by atoms with Gasteiger partial charge in [0.2, 0.25) is 5.91 Å². The van der Waals surface area contributed by atoms with E-state index < -0.39 is 4.92 Å². The van der Waals surface area contributed by atoms with E-state index in [1.165, 1.54) is 16.0 Å². The van der Waals surface area contributed by atoms with Crippen LogP contribution in [0.1, 0.15) is 11.4 Å². The van der Waals surface area contributed by atoms with Gasteiger partial charge in [0.25, 0.3) is 0 Å². The van der Waals surface area contributed by atoms with Gasteiger partial charge >= 0.3 is 5.69 Å². The molecule has 31 heavy (non-hydrogen) atoms. The number of rotatable bonds is 6. The summed E-state index contributed by atoms with van der Waals surface area (Å²) in [5.41, 5.74) is 2.15. The maximum absolute atomic E-state index is 12.6. The first-order valence-corrected chi connectivity index (χ1v) is 10.2. The number of carbonyl (C=O) groups is 1. The van der Waals surface area contributed by atoms with E-state index in [4.69, 9.17) is 0 Å². The third-order valence-electron chi connectivity index (χ3n) is 4.76. The number of thiazole rings is 1. The second-order valence-electron chi connectivity index (χ2n) is 6.91. The Balaban J connectivity index is 1.63. The molecule has 0 unspecified atom stereocenters. The molecule has 0 spiro atoms. The molecule has 0 atom stereocenters. The van der Waals surface area contributed by atoms with E-state index in [9.17, 15) is 14.9 Å². The van der Waals surface area contributed by atoms with Crippen molar-refractivity contribution in [2.24, 2.45) is 7.05 Å². The van der Waals surface area contributed by atoms with Crippen molar-refractivity contribution in [2.45, 2.75) is 20.4 Å². The highest BCUT2D eigenvalue weighted by Gasteiger charge is 2.24. The maximum Gasteiger partial charge on any atom is 0.312 e. The van der Waals surface area contributed by atoms with Gasteiger partial charge in [0.05, 0.1) is 15.5 Å². The second-order valence-corrected chi connectivity index (χ2v) is 7.91. The summed E-state index contributed by atoms with van der Waals surface area (Å²) < 4.78 is 3.22. The van der Waals surface area contributed by atoms with Gasteiger partial charge in [-0.2, -0.15) is 5.10 Å². The lowest BCUT2D eigenvalue weighted by atomic mass is 10.1. The van der Waals surface area contributed by atoms with Crippen molar-refractivity contribution >= 4 is 28.1 Å². The van der Waals surface area contributed by atoms with E-state index in [0.717, 1.165) is 22.0 Å². The lowest BCUT2D eigenvalue weighted by Crippen LogP contribution is -2.20. The Morgan fingerprint density at radius 3 is 2.61 bits per heavy atom. The quantitative estimate of drug-likeness (QED) is 0.364. The Kier molecular flexibility index (Phi) is 5.34. The molecule has 3 heterocycles. The second kappa shape index (κ2) is 8.11. The number of nitrogens with one attached hydrogen (secondary N) is 1. The maximum atomic E-state index is 12.6. The van der Waals surface area contributed by atoms with E-state index in [1.54, 1.807) is 20.0 Å². The first-order chi connectivity index (χ1) is 14.8. The highest BCUT2D eigenvalue weighted by molar-refractivity contribution is 7.19. The zero-order valence-electron chi connectivity index (χ0n) is 17.1. The number of carbonyl (C=O) groups excluding carboxylic acids is 1. The molecule has 4 rings (SSSR count). The topological polar surface area (TPSA) is 121 Å². The van der Waals surface area contributed by atoms with Gasteiger partial charge in [-0.05, 0) is 13.8 Å². The number of amides is 1. The normalized spacial score (nSPS) is 10.9. The molecule has 0 radical (unpaired) electrons. The van der Waals surface area contributed by atoms with E-state index in [1.807, 2.05) is 48.1 Å². The molecule has 0 saturated carbocycles. The summed E-state index contributed by atoms with van der Waals surface area (Å²) in [6, 6.07) is 9.66. The molecule has 11 heteroatoms. The van der Waals surface area contributed by atoms with Crippen molar-refractivity contribution in [3.63, 3.8) is 0 Å². The summed E-state index contributed by atoms with van der Waals surface area (Å²) in [5, 5.41) is 18.5. The lowest BCUT2D eigenvalue weighted by molar-refractivity contribution is -0.386. The highest BCUT2D eigenvalue weighted by Crippen LogP contribution is 2.38. The van der Waals surface area contributed by atoms with Crippen molar-refractivity contribution in [3.05, 3.63) is 64.2 Å². The van der Waals surface area contributed by atoms with Crippen LogP contribution < -0.4 is 5.32 Å². The first-order valence-electron chi connectivity index (χ1n) is 9.37. The molecule has 0 aliphatic heterocycles. The van der Waals surface area contributed by atoms with Gasteiger partial charge < -0.3 is 9.88 Å². The minimum Gasteiger partial charge on any atom is -0.333 e. The van der Waals surface area contributed by atoms with Crippen molar-refractivity contribution in [1.82, 2.24) is 24.3 Å². The average molecular weight is 437 g/mol. The minimum atomic E-state index is -0.488. The monoisotopic (exact) mass is 437 g/mol. The first kappa shape index (κ1) is 20.4. The minimum absolute atomic E-state index is 0.0783. The fraction of sp³-hybridized carbons (Fsp3) is 0.200. The fourth-order valence-electron chi connectivity index (χ4n) is 3.30. The summed E-state index contributed by atoms with van der Waals surface area (Å²) >= 11 is 1.32. The van der Waals surface area contributed by atoms with Crippen molar-refractivity contribution in [1.29, 1.82) is 0 Å². The molecular weight excluding hydrogens is 418 g/mol. The smallest absolute Gasteiger partial charge is 0.312 e. The summed E-state index contributed by atoms with van der Waals surface area (Å²) in [7, 11) is 1.89. The van der Waals surface area contributed by atoms with Gasteiger partial charge in [0, 0.05) is 25.0 Å². The van der Waals surface area contributed by atoms with E-state index in [2.05, 4.69) is 20.4 Å². The van der Waals surface area contributed by atoms with Crippen molar-refractivity contribution in [3.8, 4) is 22.0 Å². The Morgan fingerprint density at radius 1 is 1.26 bits per heavy atom. The van der Waals surface area contributed by atoms with E-state index in [-0.39, 0.29) is 23.8 Å². The standard InChI is InChI=1S/C20H19N7O3S/c1-12-17(27(29)30)13(2)26(24-12)11-15(28)22-20-23-16(14-7-5-4-6-8-14)18(31-20)19-21-9-10-25(19)3/h4-10H,11H2,1-3H3,(H,22,23,28). The summed E-state index contributed by atoms with van der Waals surface area (Å²) in [6.07, 6.45) is 3.55. The Labute approximate surface area is 181 Å². The Hall–Kier alpha value is -3.86. The van der Waals surface area contributed by atoms with E-state index >= 15 is 0 Å². The molecule has 0 fully saturated rings. The lowest BCUT2D eigenvalue weighted by Gasteiger charge is -2.03. The van der Waals surface area contributed by atoms with Crippen molar-refractivity contribution in [2.75, 3.05) is 5.32 Å². The van der Waals surface area contributed by atoms with Gasteiger partial charge in [0.1, 0.15) is 17.9 Å². The molecule has 1 aromatic carbocycles. The van der Waals surface area contributed by atoms with Crippen LogP contribution in [-0.4, -0.2) is 35.1 Å². The zero-order chi connectivity index (χ0) is 22.1. The predicted molar refractivity (Wildman–Crippen MR) is 117 cm³/mol. The molecule has 3 aromatic heterocycles. The van der Waals surface area contributed by atoms with Crippen LogP contribution in [0.25, 0.3) is 22.0 Å². The van der Waals surface area contributed by atoms with Crippen LogP contribution in [0.3, 0.4) is 0 Å². The van der Waals surface area contributed by atoms with Crippen LogP contribution in [0.2, 0.25) is 0 Å². The summed E-state index contributed by atoms with van der Waals surface area (Å²) in [6.45, 7) is 2.96. The molecule has 0 bridgehead atoms. The number of anilines is 1. The largest absolute Gasteiger partial charge is 0.333 e. The van der Waals surface area contributed by atoms with Crippen LogP contribution in [0.4, 0.5) is 10.8 Å². The molecule has 0 aliphatic rings. The van der Waals surface area contributed by atoms with Crippen LogP contribution in [-0.2, 0) is 18.4 Å². The number of imidazole rings is 1. The van der Waals surface area contributed by atoms with Crippen LogP contribution >= 0.6 is 11.3 Å². The van der Waals surface area contributed by atoms with Gasteiger partial charge in [-0.25, -0.2) is 9.97 Å². The van der Waals surface area contributed by atoms with Crippen LogP contribution in [0.15, 0.2) is 42.7 Å². The average Bonchev–Trinajstić information content (AvgIpc) is 3.40. The predicted octanol–water partition coefficient (Wildman–Crippen LogP) is 3.57. The summed E-state index contributed by atoms with van der Waals surface area (Å²) in [4.78, 5) is 33.2. The number of nitro groups is 1. The number of aromatic nitrogens is 5. The number of benzene rings is 1. The SMILES string of the molecule is Cc1nn(CC(=O)Nc2nc(-c3ccccc3)c(-c3nccn3C)s2)c(C)c1[N+](=O)[O-]. The summed E-state index contributed by atoms with van der Waals surface area (Å²) in [5.74, 6) is 0.367. The van der Waals surface area contributed by atoms with Crippen LogP contribution in [0, 0.1) is 24.0 Å². The van der Waals surface area contributed by atoms with Gasteiger partial charge in [-0.15, -0.1) is 0 Å². The molecule has 158 valence electrons. The van der Waals surface area contributed by atoms with Gasteiger partial charge in [-0.1, -0.05) is 41.7 Å². The van der Waals surface area contributed by atoms with Gasteiger partial charge in [-0.3, -0.25) is 19.6 Å². The molecular formula is C20H19N7O3S. The third-order valence-corrected chi connectivity index (χ3v) is 5.73. The molecule has 4 aromatic rings. The van der Waals surface area contributed by atoms with Gasteiger partial charge in [0.15, 0.2) is 11.0 Å². The Bertz CT molecular complexity index is 1270. The molecule has 0 aliphatic carbocycles. The number of hydrogen-bond donors (Lipinski definition) is 1.